The summed E-state index contributed by atoms with van der Waals surface area (Å²) in [5.74, 6) is -55.8. The second-order valence-electron chi connectivity index (χ2n) is 19.5. The van der Waals surface area contributed by atoms with Crippen LogP contribution in [-0.2, 0) is 28.8 Å². The van der Waals surface area contributed by atoms with Gasteiger partial charge in [0, 0.05) is 16.2 Å². The van der Waals surface area contributed by atoms with Crippen LogP contribution in [0.5, 0.6) is 0 Å². The van der Waals surface area contributed by atoms with Gasteiger partial charge in [-0.25, -0.2) is 0 Å². The third kappa shape index (κ3) is 10.2. The van der Waals surface area contributed by atoms with Gasteiger partial charge in [0.05, 0.1) is 70.8 Å². The maximum atomic E-state index is 14.5. The number of halogens is 21. The molecular formula is C42H39Eu2F21O15. The molecule has 3 N–H and O–H groups in total. The molecule has 0 spiro atoms. The average molecular weight is 1490 g/mol. The Morgan fingerprint density at radius 1 is 0.350 bits per heavy atom. The number of carbonyl (C=O) groups is 6. The molecule has 0 aliphatic heterocycles. The third-order valence-electron chi connectivity index (χ3n) is 16.2. The zero-order valence-electron chi connectivity index (χ0n) is 43.4. The monoisotopic (exact) mass is 1490 g/mol. The number of carboxylic acids is 6. The Kier molecular flexibility index (Phi) is 21.5. The fourth-order valence-corrected chi connectivity index (χ4v) is 11.0. The zero-order valence-corrected chi connectivity index (χ0v) is 45.3. The van der Waals surface area contributed by atoms with Gasteiger partial charge in [0.1, 0.15) is 4.11 Å². The summed E-state index contributed by atoms with van der Waals surface area (Å²) in [6, 6.07) is 0. The molecule has 38 heteroatoms. The topological polar surface area (TPSA) is 301 Å². The van der Waals surface area contributed by atoms with E-state index < -0.39 is 196 Å². The molecule has 0 amide bonds. The molecule has 0 heterocycles. The zero-order chi connectivity index (χ0) is 65.6. The van der Waals surface area contributed by atoms with E-state index >= 15 is 0 Å². The van der Waals surface area contributed by atoms with Gasteiger partial charge >= 0.3 is 153 Å². The summed E-state index contributed by atoms with van der Waals surface area (Å²) in [5, 5.41) is 96.2. The van der Waals surface area contributed by atoms with Gasteiger partial charge in [0.15, 0.2) is 0 Å². The van der Waals surface area contributed by atoms with Crippen molar-refractivity contribution in [3.8, 4) is 0 Å². The molecular weight excluding hydrogens is 1450 g/mol. The Morgan fingerprint density at radius 3 is 0.600 bits per heavy atom. The van der Waals surface area contributed by atoms with Crippen LogP contribution in [0, 0.1) is 147 Å². The van der Waals surface area contributed by atoms with Crippen LogP contribution in [0.2, 0.25) is 0 Å². The summed E-state index contributed by atoms with van der Waals surface area (Å²) in [6.07, 6.45) is -33.8. The summed E-state index contributed by atoms with van der Waals surface area (Å²) in [6.45, 7) is 2.37. The molecule has 0 aromatic carbocycles. The van der Waals surface area contributed by atoms with Crippen LogP contribution >= 0.6 is 0 Å². The van der Waals surface area contributed by atoms with Crippen molar-refractivity contribution >= 4 is 35.8 Å². The van der Waals surface area contributed by atoms with Gasteiger partial charge in [0.2, 0.25) is 0 Å². The molecule has 0 bridgehead atoms. The molecule has 0 saturated heterocycles. The molecule has 80 heavy (non-hydrogen) atoms. The van der Waals surface area contributed by atoms with E-state index in [1.165, 1.54) is 0 Å². The van der Waals surface area contributed by atoms with Gasteiger partial charge in [-0.3, -0.25) is 0 Å². The molecule has 6 atom stereocenters. The number of alkyl halides is 21. The SMILES string of the molecule is [2H]C(O)=CC1(C(=O)[O-])CCC(C(=O)[O-])(C(F)(F)C(F)(F)C(F)(F)F)C1(C)C.[2H]C(O)=CC1(C(=O)[O-])CCC(C(=O)[O-])(C(F)(F)C(F)(F)C(F)(F)F)C1(C)C.[2H]C(O)=CC1(C(=O)[O-])CCC(C(=O)[O-])(C(F)(F)C(F)(F)C(F)(F)F)C1(C)C.[Eu+3].[Eu+3]. The van der Waals surface area contributed by atoms with Gasteiger partial charge in [0.25, 0.3) is 0 Å². The van der Waals surface area contributed by atoms with Crippen LogP contribution in [0.15, 0.2) is 36.9 Å². The van der Waals surface area contributed by atoms with E-state index in [0.29, 0.717) is 41.5 Å². The van der Waals surface area contributed by atoms with Crippen LogP contribution in [0.25, 0.3) is 0 Å². The third-order valence-corrected chi connectivity index (χ3v) is 16.2. The first-order valence-electron chi connectivity index (χ1n) is 22.2. The number of carbonyl (C=O) groups excluding carboxylic acids is 6. The standard InChI is InChI=1S/3C14H15F7O5.2Eu/c3*1-9(2)10(5-6-22,7(23)24)3-4-11(9,8(25)26)12(15,16)13(17,18)14(19,20)21;;/h3*5-6,22H,3-4H2,1-2H3,(H,23,24)(H,25,26);;/q;;;2*+3/p-6/i3*6D;;. The summed E-state index contributed by atoms with van der Waals surface area (Å²) in [5.41, 5.74) is -31.2. The van der Waals surface area contributed by atoms with Crippen LogP contribution in [-0.4, -0.2) is 105 Å². The van der Waals surface area contributed by atoms with Crippen LogP contribution < -0.4 is 30.6 Å². The van der Waals surface area contributed by atoms with Crippen molar-refractivity contribution in [2.24, 2.45) is 48.7 Å². The second-order valence-corrected chi connectivity index (χ2v) is 19.5. The number of aliphatic hydroxyl groups excluding tert-OH is 3. The minimum absolute atomic E-state index is 0. The van der Waals surface area contributed by atoms with Crippen molar-refractivity contribution in [3.05, 3.63) is 36.9 Å². The Labute approximate surface area is 521 Å². The van der Waals surface area contributed by atoms with Gasteiger partial charge in [-0.15, -0.1) is 0 Å². The van der Waals surface area contributed by atoms with Crippen molar-refractivity contribution in [2.45, 2.75) is 134 Å². The Balaban J connectivity index is 0. The van der Waals surface area contributed by atoms with Crippen molar-refractivity contribution < 1.29 is 270 Å². The predicted octanol–water partition coefficient (Wildman–Crippen LogP) is 3.55. The van der Waals surface area contributed by atoms with Crippen molar-refractivity contribution in [3.63, 3.8) is 0 Å². The Morgan fingerprint density at radius 2 is 0.500 bits per heavy atom. The molecule has 3 aliphatic rings. The number of hydrogen-bond donors (Lipinski definition) is 3. The second kappa shape index (κ2) is 23.5. The Hall–Kier alpha value is -2.86. The molecule has 3 saturated carbocycles. The summed E-state index contributed by atoms with van der Waals surface area (Å²) in [7, 11) is 0. The number of rotatable bonds is 15. The van der Waals surface area contributed by atoms with E-state index in [1.807, 2.05) is 0 Å². The van der Waals surface area contributed by atoms with Gasteiger partial charge in [-0.2, -0.15) is 92.2 Å². The summed E-state index contributed by atoms with van der Waals surface area (Å²) in [4.78, 5) is 69.2. The van der Waals surface area contributed by atoms with Crippen molar-refractivity contribution in [2.75, 3.05) is 0 Å². The quantitative estimate of drug-likeness (QED) is 0.156. The fraction of sp³-hybridized carbons (Fsp3) is 0.714. The fourth-order valence-electron chi connectivity index (χ4n) is 11.0. The van der Waals surface area contributed by atoms with Crippen molar-refractivity contribution in [1.29, 1.82) is 0 Å². The van der Waals surface area contributed by atoms with E-state index in [1.54, 1.807) is 0 Å². The van der Waals surface area contributed by atoms with E-state index in [0.717, 1.165) is 0 Å². The number of carboxylic acid groups (broad SMARTS) is 6. The van der Waals surface area contributed by atoms with Gasteiger partial charge in [-0.05, 0) is 73.0 Å². The maximum Gasteiger partial charge on any atom is 3.00 e. The Bertz CT molecular complexity index is 2340. The van der Waals surface area contributed by atoms with E-state index in [9.17, 15) is 152 Å². The molecule has 0 aromatic rings. The first-order chi connectivity index (χ1) is 35.3. The minimum atomic E-state index is -6.87. The number of hydrogen-bond acceptors (Lipinski definition) is 15. The van der Waals surface area contributed by atoms with E-state index in [2.05, 4.69) is 0 Å². The summed E-state index contributed by atoms with van der Waals surface area (Å²) >= 11 is 0. The molecule has 3 rings (SSSR count). The number of aliphatic carboxylic acids is 6. The van der Waals surface area contributed by atoms with E-state index in [4.69, 9.17) is 19.4 Å². The van der Waals surface area contributed by atoms with Gasteiger partial charge < -0.3 is 74.7 Å². The number of aliphatic hydroxyl groups is 3. The largest absolute Gasteiger partial charge is 3.00 e. The van der Waals surface area contributed by atoms with Crippen LogP contribution in [0.4, 0.5) is 92.2 Å². The van der Waals surface area contributed by atoms with Crippen molar-refractivity contribution in [1.82, 2.24) is 0 Å². The molecule has 458 valence electrons. The smallest absolute Gasteiger partial charge is 0.549 e. The molecule has 3 aliphatic carbocycles. The molecule has 6 unspecified atom stereocenters. The van der Waals surface area contributed by atoms with Crippen LogP contribution in [0.1, 0.15) is 84.2 Å². The summed E-state index contributed by atoms with van der Waals surface area (Å²) < 4.78 is 303. The van der Waals surface area contributed by atoms with Crippen LogP contribution in [0.3, 0.4) is 0 Å². The molecule has 0 aromatic heterocycles. The van der Waals surface area contributed by atoms with Gasteiger partial charge in [-0.1, -0.05) is 41.5 Å². The maximum absolute atomic E-state index is 14.5. The first-order valence-corrected chi connectivity index (χ1v) is 20.7. The molecule has 0 radical (unpaired) electrons. The molecule has 3 fully saturated rings. The van der Waals surface area contributed by atoms with E-state index in [-0.39, 0.29) is 117 Å². The minimum Gasteiger partial charge on any atom is -0.549 e. The molecule has 15 nitrogen and oxygen atoms in total. The average Bonchev–Trinajstić information content (AvgIpc) is 3.74. The normalized spacial score (nSPS) is 30.0. The predicted molar refractivity (Wildman–Crippen MR) is 197 cm³/mol. The first kappa shape index (κ1) is 73.2.